The number of aromatic nitrogens is 8. The van der Waals surface area contributed by atoms with Gasteiger partial charge in [0.1, 0.15) is 54.3 Å². The standard InChI is InChI=1S/C22H27N9O13P2/c1-8-28-19-12(20(33)29-8)27-7-31(19)22-16-15(38-2)10(42-22)4-40-45(34,35)43-14-9(3-39-46(36,37)44-16)41-21(13(14)32)30-6-26-11-17(23)24-5-25-18(11)30/h5-7,9-10,13-16,21-22,32H,3-4H2,1-2H3,(H,34,35)(H,36,37)(H2,23,24,25)(H,28,29,33)/t9-,10-,13?,14+,15?,16+,21-,22-/m1/s1. The lowest BCUT2D eigenvalue weighted by Gasteiger charge is -2.26. The topological polar surface area (TPSA) is 293 Å². The quantitative estimate of drug-likeness (QED) is 0.162. The number of nitrogens with two attached hydrogens (primary N) is 1. The molecular weight excluding hydrogens is 660 g/mol. The van der Waals surface area contributed by atoms with E-state index < -0.39 is 83.5 Å². The summed E-state index contributed by atoms with van der Waals surface area (Å²) in [7, 11) is -8.77. The van der Waals surface area contributed by atoms with Crippen molar-refractivity contribution in [2.75, 3.05) is 26.1 Å². The highest BCUT2D eigenvalue weighted by atomic mass is 31.2. The number of aliphatic hydroxyl groups is 1. The van der Waals surface area contributed by atoms with Gasteiger partial charge in [0.15, 0.2) is 35.1 Å². The number of phosphoric ester groups is 2. The zero-order valence-corrected chi connectivity index (χ0v) is 25.6. The lowest BCUT2D eigenvalue weighted by molar-refractivity contribution is -0.0673. The first-order valence-electron chi connectivity index (χ1n) is 13.6. The van der Waals surface area contributed by atoms with E-state index in [4.69, 9.17) is 38.0 Å². The second-order valence-electron chi connectivity index (χ2n) is 10.5. The Bertz CT molecular complexity index is 1950. The SMILES string of the molecule is COC1[C@H]2COP(=O)(O)O[C@@H]3C(O)[C@H](n4cnc5c(N)ncnc54)O[C@@H]3COP(=O)(O)O[C@@H]1[C@H](n1cnc3c(=O)[nH]c(C)nc31)O2. The van der Waals surface area contributed by atoms with Crippen LogP contribution in [-0.2, 0) is 41.4 Å². The Hall–Kier alpha value is -3.24. The molecule has 46 heavy (non-hydrogen) atoms. The average Bonchev–Trinajstić information content (AvgIpc) is 3.75. The number of methoxy groups -OCH3 is 1. The third kappa shape index (κ3) is 5.45. The second-order valence-corrected chi connectivity index (χ2v) is 13.4. The van der Waals surface area contributed by atoms with Crippen LogP contribution in [0.1, 0.15) is 18.3 Å². The van der Waals surface area contributed by atoms with Gasteiger partial charge in [0, 0.05) is 7.11 Å². The van der Waals surface area contributed by atoms with E-state index in [1.165, 1.54) is 28.9 Å². The molecule has 0 saturated carbocycles. The van der Waals surface area contributed by atoms with Crippen molar-refractivity contribution in [3.05, 3.63) is 35.2 Å². The number of nitrogens with zero attached hydrogens (tertiary/aromatic N) is 7. The molecule has 3 saturated heterocycles. The highest BCUT2D eigenvalue weighted by Crippen LogP contribution is 2.54. The van der Waals surface area contributed by atoms with Gasteiger partial charge >= 0.3 is 15.6 Å². The molecular formula is C22H27N9O13P2. The summed E-state index contributed by atoms with van der Waals surface area (Å²) in [5.41, 5.74) is 5.68. The molecule has 24 heteroatoms. The van der Waals surface area contributed by atoms with Gasteiger partial charge in [-0.25, -0.2) is 34.0 Å². The molecule has 2 bridgehead atoms. The minimum atomic E-state index is -5.02. The predicted octanol–water partition coefficient (Wildman–Crippen LogP) is -0.961. The van der Waals surface area contributed by atoms with Crippen molar-refractivity contribution in [2.45, 2.75) is 56.0 Å². The maximum Gasteiger partial charge on any atom is 0.472 e. The number of fused-ring (bicyclic) bond motifs is 5. The molecule has 4 unspecified atom stereocenters. The van der Waals surface area contributed by atoms with E-state index in [2.05, 4.69) is 29.9 Å². The molecule has 10 atom stereocenters. The monoisotopic (exact) mass is 687 g/mol. The zero-order valence-electron chi connectivity index (χ0n) is 23.8. The van der Waals surface area contributed by atoms with Crippen LogP contribution in [0.15, 0.2) is 23.8 Å². The molecule has 4 aromatic rings. The molecule has 0 amide bonds. The molecule has 7 rings (SSSR count). The Balaban J connectivity index is 1.22. The van der Waals surface area contributed by atoms with Gasteiger partial charge in [-0.2, -0.15) is 0 Å². The van der Waals surface area contributed by atoms with Crippen LogP contribution in [0.2, 0.25) is 0 Å². The highest BCUT2D eigenvalue weighted by molar-refractivity contribution is 7.47. The molecule has 0 spiro atoms. The van der Waals surface area contributed by atoms with Crippen LogP contribution < -0.4 is 11.3 Å². The van der Waals surface area contributed by atoms with Gasteiger partial charge in [0.25, 0.3) is 5.56 Å². The molecule has 3 fully saturated rings. The Kier molecular flexibility index (Phi) is 7.82. The van der Waals surface area contributed by atoms with Crippen molar-refractivity contribution in [1.29, 1.82) is 0 Å². The Morgan fingerprint density at radius 3 is 2.28 bits per heavy atom. The third-order valence-corrected chi connectivity index (χ3v) is 9.64. The number of aliphatic hydroxyl groups excluding tert-OH is 1. The summed E-state index contributed by atoms with van der Waals surface area (Å²) in [6.07, 6.45) is -7.58. The predicted molar refractivity (Wildman–Crippen MR) is 149 cm³/mol. The summed E-state index contributed by atoms with van der Waals surface area (Å²) in [6, 6.07) is 0. The van der Waals surface area contributed by atoms with Gasteiger partial charge in [0.05, 0.1) is 25.9 Å². The normalized spacial score (nSPS) is 37.2. The average molecular weight is 687 g/mol. The molecule has 4 aromatic heterocycles. The van der Waals surface area contributed by atoms with E-state index >= 15 is 0 Å². The fraction of sp³-hybridized carbons (Fsp3) is 0.545. The number of aryl methyl sites for hydroxylation is 1. The molecule has 248 valence electrons. The second kappa shape index (κ2) is 11.5. The Morgan fingerprint density at radius 1 is 0.935 bits per heavy atom. The lowest BCUT2D eigenvalue weighted by atomic mass is 10.1. The van der Waals surface area contributed by atoms with E-state index in [1.54, 1.807) is 6.92 Å². The van der Waals surface area contributed by atoms with Crippen molar-refractivity contribution < 1.29 is 56.3 Å². The van der Waals surface area contributed by atoms with Crippen LogP contribution in [0.4, 0.5) is 5.82 Å². The molecule has 0 aliphatic carbocycles. The molecule has 7 heterocycles. The largest absolute Gasteiger partial charge is 0.472 e. The molecule has 3 aliphatic rings. The first-order valence-corrected chi connectivity index (χ1v) is 16.5. The minimum absolute atomic E-state index is 0.0509. The number of phosphoric acid groups is 2. The van der Waals surface area contributed by atoms with Crippen LogP contribution in [0.25, 0.3) is 22.3 Å². The molecule has 0 aromatic carbocycles. The van der Waals surface area contributed by atoms with Crippen LogP contribution in [0.5, 0.6) is 0 Å². The first kappa shape index (κ1) is 31.4. The van der Waals surface area contributed by atoms with E-state index in [0.29, 0.717) is 0 Å². The van der Waals surface area contributed by atoms with Gasteiger partial charge < -0.3 is 39.8 Å². The lowest BCUT2D eigenvalue weighted by Crippen LogP contribution is -2.37. The van der Waals surface area contributed by atoms with E-state index in [1.807, 2.05) is 0 Å². The van der Waals surface area contributed by atoms with Crippen LogP contribution in [0, 0.1) is 6.92 Å². The summed E-state index contributed by atoms with van der Waals surface area (Å²) in [5.74, 6) is 0.303. The van der Waals surface area contributed by atoms with Gasteiger partial charge in [-0.3, -0.25) is 32.0 Å². The summed E-state index contributed by atoms with van der Waals surface area (Å²) < 4.78 is 68.0. The van der Waals surface area contributed by atoms with Crippen molar-refractivity contribution in [2.24, 2.45) is 0 Å². The number of imidazole rings is 2. The van der Waals surface area contributed by atoms with Crippen LogP contribution in [0.3, 0.4) is 0 Å². The number of aromatic amines is 1. The molecule has 3 aliphatic heterocycles. The highest BCUT2D eigenvalue weighted by Gasteiger charge is 2.54. The van der Waals surface area contributed by atoms with Crippen LogP contribution >= 0.6 is 15.6 Å². The summed E-state index contributed by atoms with van der Waals surface area (Å²) in [6.45, 7) is 0.111. The molecule has 22 nitrogen and oxygen atoms in total. The first-order chi connectivity index (χ1) is 21.9. The van der Waals surface area contributed by atoms with E-state index in [-0.39, 0.29) is 34.0 Å². The van der Waals surface area contributed by atoms with Gasteiger partial charge in [-0.1, -0.05) is 0 Å². The number of ether oxygens (including phenoxy) is 3. The Morgan fingerprint density at radius 2 is 1.57 bits per heavy atom. The fourth-order valence-corrected chi connectivity index (χ4v) is 7.55. The van der Waals surface area contributed by atoms with E-state index in [0.717, 1.165) is 6.33 Å². The summed E-state index contributed by atoms with van der Waals surface area (Å²) in [5, 5.41) is 11.2. The number of rotatable bonds is 3. The van der Waals surface area contributed by atoms with Gasteiger partial charge in [0.2, 0.25) is 0 Å². The van der Waals surface area contributed by atoms with E-state index in [9.17, 15) is 28.8 Å². The Labute approximate surface area is 256 Å². The van der Waals surface area contributed by atoms with Gasteiger partial charge in [-0.15, -0.1) is 0 Å². The van der Waals surface area contributed by atoms with Crippen molar-refractivity contribution in [1.82, 2.24) is 39.0 Å². The number of hydrogen-bond donors (Lipinski definition) is 5. The summed E-state index contributed by atoms with van der Waals surface area (Å²) >= 11 is 0. The van der Waals surface area contributed by atoms with Gasteiger partial charge in [-0.05, 0) is 6.92 Å². The number of nitrogen functional groups attached to an aromatic ring is 1. The van der Waals surface area contributed by atoms with Crippen molar-refractivity contribution in [3.63, 3.8) is 0 Å². The maximum absolute atomic E-state index is 13.4. The van der Waals surface area contributed by atoms with Crippen molar-refractivity contribution >= 4 is 43.8 Å². The summed E-state index contributed by atoms with van der Waals surface area (Å²) in [4.78, 5) is 57.0. The third-order valence-electron chi connectivity index (χ3n) is 7.67. The zero-order chi connectivity index (χ0) is 32.5. The maximum atomic E-state index is 13.4. The number of H-pyrrole nitrogens is 1. The van der Waals surface area contributed by atoms with Crippen LogP contribution in [-0.4, -0.2) is 111 Å². The molecule has 0 radical (unpaired) electrons. The fourth-order valence-electron chi connectivity index (χ4n) is 5.66. The number of hydrogen-bond acceptors (Lipinski definition) is 17. The number of anilines is 1. The number of nitrogens with one attached hydrogen (secondary N) is 1. The molecule has 6 N–H and O–H groups in total. The van der Waals surface area contributed by atoms with Crippen molar-refractivity contribution in [3.8, 4) is 0 Å². The smallest absolute Gasteiger partial charge is 0.386 e. The minimum Gasteiger partial charge on any atom is -0.386 e.